The average Bonchev–Trinajstić information content (AvgIpc) is 2.59. The molecule has 4 heteroatoms. The van der Waals surface area contributed by atoms with Crippen LogP contribution in [0.2, 0.25) is 0 Å². The molecule has 0 unspecified atom stereocenters. The van der Waals surface area contributed by atoms with E-state index in [9.17, 15) is 13.2 Å². The number of aromatic nitrogens is 1. The number of fused-ring (bicyclic) bond motifs is 1. The lowest BCUT2D eigenvalue weighted by Gasteiger charge is -2.12. The van der Waals surface area contributed by atoms with Gasteiger partial charge in [-0.25, -0.2) is 0 Å². The van der Waals surface area contributed by atoms with E-state index in [4.69, 9.17) is 0 Å². The van der Waals surface area contributed by atoms with Crippen molar-refractivity contribution < 1.29 is 13.2 Å². The van der Waals surface area contributed by atoms with Crippen LogP contribution in [0.4, 0.5) is 13.2 Å². The Bertz CT molecular complexity index is 836. The Hall–Kier alpha value is -2.36. The van der Waals surface area contributed by atoms with E-state index in [0.29, 0.717) is 0 Å². The summed E-state index contributed by atoms with van der Waals surface area (Å²) >= 11 is 0. The Morgan fingerprint density at radius 2 is 1.58 bits per heavy atom. The Morgan fingerprint density at radius 3 is 2.21 bits per heavy atom. The number of hydrogen-bond donors (Lipinski definition) is 0. The van der Waals surface area contributed by atoms with Gasteiger partial charge in [0.2, 0.25) is 0 Å². The third-order valence-corrected chi connectivity index (χ3v) is 4.17. The second kappa shape index (κ2) is 6.63. The lowest BCUT2D eigenvalue weighted by Crippen LogP contribution is -2.04. The summed E-state index contributed by atoms with van der Waals surface area (Å²) in [5.41, 5.74) is 2.01. The molecular weight excluding hydrogens is 311 g/mol. The molecule has 0 saturated carbocycles. The number of unbranched alkanes of at least 4 members (excludes halogenated alkanes) is 1. The van der Waals surface area contributed by atoms with Crippen molar-refractivity contribution in [1.29, 1.82) is 0 Å². The monoisotopic (exact) mass is 329 g/mol. The highest BCUT2D eigenvalue weighted by atomic mass is 19.4. The minimum Gasteiger partial charge on any atom is -0.260 e. The smallest absolute Gasteiger partial charge is 0.260 e. The first kappa shape index (κ1) is 16.5. The van der Waals surface area contributed by atoms with E-state index in [1.807, 2.05) is 24.3 Å². The van der Waals surface area contributed by atoms with Crippen LogP contribution < -0.4 is 0 Å². The lowest BCUT2D eigenvalue weighted by molar-refractivity contribution is -0.137. The van der Waals surface area contributed by atoms with Gasteiger partial charge in [-0.1, -0.05) is 49.7 Å². The van der Waals surface area contributed by atoms with Crippen molar-refractivity contribution in [3.63, 3.8) is 0 Å². The summed E-state index contributed by atoms with van der Waals surface area (Å²) in [6.45, 7) is 2.14. The van der Waals surface area contributed by atoms with Crippen LogP contribution in [0.3, 0.4) is 0 Å². The summed E-state index contributed by atoms with van der Waals surface area (Å²) in [6.07, 6.45) is 0.524. The number of pyridine rings is 1. The highest BCUT2D eigenvalue weighted by Gasteiger charge is 2.30. The summed E-state index contributed by atoms with van der Waals surface area (Å²) in [7, 11) is 0. The average molecular weight is 329 g/mol. The van der Waals surface area contributed by atoms with E-state index < -0.39 is 11.7 Å². The van der Waals surface area contributed by atoms with E-state index in [2.05, 4.69) is 11.9 Å². The fraction of sp³-hybridized carbons (Fsp3) is 0.250. The fourth-order valence-corrected chi connectivity index (χ4v) is 2.86. The second-order valence-corrected chi connectivity index (χ2v) is 5.84. The zero-order chi connectivity index (χ0) is 17.2. The van der Waals surface area contributed by atoms with Crippen LogP contribution in [0, 0.1) is 0 Å². The quantitative estimate of drug-likeness (QED) is 0.550. The predicted octanol–water partition coefficient (Wildman–Crippen LogP) is 6.26. The highest BCUT2D eigenvalue weighted by Crippen LogP contribution is 2.33. The molecule has 124 valence electrons. The molecule has 0 aliphatic carbocycles. The minimum absolute atomic E-state index is 0.636. The topological polar surface area (TPSA) is 12.9 Å². The lowest BCUT2D eigenvalue weighted by atomic mass is 9.97. The predicted molar refractivity (Wildman–Crippen MR) is 90.8 cm³/mol. The molecule has 0 N–H and O–H groups in total. The number of nitrogens with zero attached hydrogens (tertiary/aromatic N) is 1. The Morgan fingerprint density at radius 1 is 0.917 bits per heavy atom. The summed E-state index contributed by atoms with van der Waals surface area (Å²) in [5, 5.41) is 2.10. The van der Waals surface area contributed by atoms with Crippen molar-refractivity contribution >= 4 is 10.8 Å². The van der Waals surface area contributed by atoms with Crippen LogP contribution in [0.5, 0.6) is 0 Å². The maximum atomic E-state index is 12.7. The Balaban J connectivity index is 2.07. The van der Waals surface area contributed by atoms with Crippen LogP contribution in [0.1, 0.15) is 31.0 Å². The first-order valence-electron chi connectivity index (χ1n) is 8.05. The van der Waals surface area contributed by atoms with Gasteiger partial charge in [-0.2, -0.15) is 13.2 Å². The van der Waals surface area contributed by atoms with Gasteiger partial charge in [0.15, 0.2) is 0 Å². The standard InChI is InChI=1S/C20H18F3N/c1-2-3-8-19-17-7-5-4-6-16(17)18(13-24-19)14-9-11-15(12-10-14)20(21,22)23/h4-7,9-13H,2-3,8H2,1H3. The molecule has 0 amide bonds. The third kappa shape index (κ3) is 3.28. The van der Waals surface area contributed by atoms with Gasteiger partial charge in [0.1, 0.15) is 0 Å². The van der Waals surface area contributed by atoms with Gasteiger partial charge < -0.3 is 0 Å². The summed E-state index contributed by atoms with van der Waals surface area (Å²) in [4.78, 5) is 4.57. The molecule has 3 rings (SSSR count). The number of rotatable bonds is 4. The molecule has 1 nitrogen and oxygen atoms in total. The van der Waals surface area contributed by atoms with Crippen molar-refractivity contribution in [3.8, 4) is 11.1 Å². The maximum Gasteiger partial charge on any atom is 0.416 e. The molecule has 0 aliphatic heterocycles. The number of aryl methyl sites for hydroxylation is 1. The molecule has 24 heavy (non-hydrogen) atoms. The van der Waals surface area contributed by atoms with Crippen LogP contribution >= 0.6 is 0 Å². The first-order chi connectivity index (χ1) is 11.5. The molecule has 0 bridgehead atoms. The molecule has 0 aliphatic rings. The van der Waals surface area contributed by atoms with Crippen molar-refractivity contribution in [1.82, 2.24) is 4.98 Å². The van der Waals surface area contributed by atoms with Gasteiger partial charge in [-0.3, -0.25) is 4.98 Å². The summed E-state index contributed by atoms with van der Waals surface area (Å²) < 4.78 is 38.2. The largest absolute Gasteiger partial charge is 0.416 e. The molecule has 0 radical (unpaired) electrons. The Kier molecular flexibility index (Phi) is 4.56. The van der Waals surface area contributed by atoms with E-state index in [1.54, 1.807) is 6.20 Å². The number of hydrogen-bond acceptors (Lipinski definition) is 1. The summed E-state index contributed by atoms with van der Waals surface area (Å²) in [5.74, 6) is 0. The second-order valence-electron chi connectivity index (χ2n) is 5.84. The molecule has 3 aromatic rings. The van der Waals surface area contributed by atoms with Crippen molar-refractivity contribution in [2.75, 3.05) is 0 Å². The van der Waals surface area contributed by atoms with E-state index in [-0.39, 0.29) is 0 Å². The molecule has 0 spiro atoms. The van der Waals surface area contributed by atoms with E-state index in [1.165, 1.54) is 12.1 Å². The number of benzene rings is 2. The minimum atomic E-state index is -4.32. The molecule has 2 aromatic carbocycles. The SMILES string of the molecule is CCCCc1ncc(-c2ccc(C(F)(F)F)cc2)c2ccccc12. The van der Waals surface area contributed by atoms with Gasteiger partial charge >= 0.3 is 6.18 Å². The third-order valence-electron chi connectivity index (χ3n) is 4.17. The highest BCUT2D eigenvalue weighted by molar-refractivity contribution is 5.97. The van der Waals surface area contributed by atoms with Crippen molar-refractivity contribution in [2.24, 2.45) is 0 Å². The van der Waals surface area contributed by atoms with Gasteiger partial charge in [0.05, 0.1) is 5.56 Å². The zero-order valence-electron chi connectivity index (χ0n) is 13.4. The summed E-state index contributed by atoms with van der Waals surface area (Å²) in [6, 6.07) is 13.2. The van der Waals surface area contributed by atoms with Crippen LogP contribution in [0.15, 0.2) is 54.7 Å². The Labute approximate surface area is 139 Å². The molecule has 0 fully saturated rings. The molecular formula is C20H18F3N. The zero-order valence-corrected chi connectivity index (χ0v) is 13.4. The van der Waals surface area contributed by atoms with Crippen LogP contribution in [-0.2, 0) is 12.6 Å². The normalized spacial score (nSPS) is 11.8. The van der Waals surface area contributed by atoms with Crippen molar-refractivity contribution in [3.05, 3.63) is 66.0 Å². The molecule has 1 heterocycles. The van der Waals surface area contributed by atoms with Gasteiger partial charge in [0.25, 0.3) is 0 Å². The first-order valence-corrected chi connectivity index (χ1v) is 8.05. The van der Waals surface area contributed by atoms with Gasteiger partial charge in [-0.05, 0) is 35.9 Å². The molecule has 1 aromatic heterocycles. The number of halogens is 3. The molecule has 0 atom stereocenters. The van der Waals surface area contributed by atoms with Gasteiger partial charge in [0, 0.05) is 22.8 Å². The number of alkyl halides is 3. The van der Waals surface area contributed by atoms with Crippen LogP contribution in [-0.4, -0.2) is 4.98 Å². The van der Waals surface area contributed by atoms with Crippen LogP contribution in [0.25, 0.3) is 21.9 Å². The van der Waals surface area contributed by atoms with Gasteiger partial charge in [-0.15, -0.1) is 0 Å². The fourth-order valence-electron chi connectivity index (χ4n) is 2.86. The maximum absolute atomic E-state index is 12.7. The van der Waals surface area contributed by atoms with E-state index in [0.717, 1.165) is 59.0 Å². The molecule has 0 saturated heterocycles. The van der Waals surface area contributed by atoms with E-state index >= 15 is 0 Å². The van der Waals surface area contributed by atoms with Crippen molar-refractivity contribution in [2.45, 2.75) is 32.4 Å².